The van der Waals surface area contributed by atoms with E-state index in [1.807, 2.05) is 48.5 Å². The Labute approximate surface area is 140 Å². The fraction of sp³-hybridized carbons (Fsp3) is 0.0952. The molecule has 2 heterocycles. The summed E-state index contributed by atoms with van der Waals surface area (Å²) in [6.45, 7) is 2.05. The smallest absolute Gasteiger partial charge is 0.106 e. The van der Waals surface area contributed by atoms with E-state index in [-0.39, 0.29) is 0 Å². The van der Waals surface area contributed by atoms with Gasteiger partial charge in [-0.1, -0.05) is 36.4 Å². The zero-order valence-corrected chi connectivity index (χ0v) is 13.3. The summed E-state index contributed by atoms with van der Waals surface area (Å²) in [7, 11) is 0. The van der Waals surface area contributed by atoms with Crippen LogP contribution >= 0.6 is 0 Å². The number of nitriles is 1. The molecule has 4 rings (SSSR count). The monoisotopic (exact) mass is 312 g/mol. The molecule has 24 heavy (non-hydrogen) atoms. The van der Waals surface area contributed by atoms with Gasteiger partial charge in [0.25, 0.3) is 0 Å². The predicted molar refractivity (Wildman–Crippen MR) is 94.9 cm³/mol. The highest BCUT2D eigenvalue weighted by Crippen LogP contribution is 2.31. The van der Waals surface area contributed by atoms with Gasteiger partial charge in [-0.3, -0.25) is 0 Å². The lowest BCUT2D eigenvalue weighted by atomic mass is 9.96. The lowest BCUT2D eigenvalue weighted by molar-refractivity contribution is 0.221. The van der Waals surface area contributed by atoms with Crippen molar-refractivity contribution in [2.75, 3.05) is 0 Å². The molecule has 1 atom stereocenters. The summed E-state index contributed by atoms with van der Waals surface area (Å²) in [5.41, 5.74) is 5.29. The van der Waals surface area contributed by atoms with Gasteiger partial charge in [0.2, 0.25) is 0 Å². The Hall–Kier alpha value is -3.09. The van der Waals surface area contributed by atoms with Crippen molar-refractivity contribution in [1.82, 2.24) is 4.40 Å². The van der Waals surface area contributed by atoms with Gasteiger partial charge >= 0.3 is 0 Å². The van der Waals surface area contributed by atoms with E-state index in [1.54, 1.807) is 6.07 Å². The first-order chi connectivity index (χ1) is 11.7. The van der Waals surface area contributed by atoms with Crippen LogP contribution in [0.15, 0.2) is 66.9 Å². The summed E-state index contributed by atoms with van der Waals surface area (Å²) in [6.07, 6.45) is 1.28. The number of nitrogens with zero attached hydrogens (tertiary/aromatic N) is 2. The van der Waals surface area contributed by atoms with Gasteiger partial charge in [-0.05, 0) is 42.3 Å². The Morgan fingerprint density at radius 1 is 1.04 bits per heavy atom. The van der Waals surface area contributed by atoms with Crippen molar-refractivity contribution >= 4 is 16.4 Å². The number of benzene rings is 2. The minimum Gasteiger partial charge on any atom is -0.384 e. The number of pyridine rings is 1. The van der Waals surface area contributed by atoms with Gasteiger partial charge in [0.15, 0.2) is 0 Å². The van der Waals surface area contributed by atoms with Crippen molar-refractivity contribution in [3.8, 4) is 6.07 Å². The average Bonchev–Trinajstić information content (AvgIpc) is 3.01. The van der Waals surface area contributed by atoms with Crippen molar-refractivity contribution in [3.63, 3.8) is 0 Å². The second kappa shape index (κ2) is 5.52. The van der Waals surface area contributed by atoms with Crippen molar-refractivity contribution in [1.29, 1.82) is 5.26 Å². The molecule has 3 heteroatoms. The summed E-state index contributed by atoms with van der Waals surface area (Å²) in [6, 6.07) is 21.5. The molecule has 4 aromatic rings. The highest BCUT2D eigenvalue weighted by atomic mass is 16.3. The molecule has 0 fully saturated rings. The summed E-state index contributed by atoms with van der Waals surface area (Å²) < 4.78 is 2.09. The second-order valence-corrected chi connectivity index (χ2v) is 6.07. The average molecular weight is 312 g/mol. The highest BCUT2D eigenvalue weighted by Gasteiger charge is 2.17. The number of aromatic nitrogens is 1. The van der Waals surface area contributed by atoms with Crippen LogP contribution in [-0.2, 0) is 0 Å². The normalized spacial score (nSPS) is 12.4. The molecule has 0 spiro atoms. The third-order valence-electron chi connectivity index (χ3n) is 4.37. The Balaban J connectivity index is 2.08. The minimum absolute atomic E-state index is 0.552. The van der Waals surface area contributed by atoms with Gasteiger partial charge < -0.3 is 9.51 Å². The Bertz CT molecular complexity index is 1090. The van der Waals surface area contributed by atoms with E-state index >= 15 is 0 Å². The van der Waals surface area contributed by atoms with Crippen LogP contribution in [-0.4, -0.2) is 9.51 Å². The molecule has 1 N–H and O–H groups in total. The zero-order chi connectivity index (χ0) is 16.7. The maximum Gasteiger partial charge on any atom is 0.106 e. The number of fused-ring (bicyclic) bond motifs is 3. The fourth-order valence-electron chi connectivity index (χ4n) is 3.29. The van der Waals surface area contributed by atoms with Crippen LogP contribution in [0.4, 0.5) is 0 Å². The van der Waals surface area contributed by atoms with Crippen LogP contribution in [0.1, 0.15) is 28.4 Å². The van der Waals surface area contributed by atoms with Gasteiger partial charge in [0.1, 0.15) is 6.10 Å². The van der Waals surface area contributed by atoms with Crippen molar-refractivity contribution in [2.24, 2.45) is 0 Å². The lowest BCUT2D eigenvalue weighted by Gasteiger charge is -2.16. The summed E-state index contributed by atoms with van der Waals surface area (Å²) in [5, 5.41) is 21.3. The van der Waals surface area contributed by atoms with E-state index in [4.69, 9.17) is 0 Å². The summed E-state index contributed by atoms with van der Waals surface area (Å²) in [4.78, 5) is 0. The first kappa shape index (κ1) is 14.5. The maximum absolute atomic E-state index is 11.0. The summed E-state index contributed by atoms with van der Waals surface area (Å²) >= 11 is 0. The van der Waals surface area contributed by atoms with E-state index < -0.39 is 6.10 Å². The molecule has 0 saturated heterocycles. The molecule has 2 aromatic carbocycles. The molecule has 0 saturated carbocycles. The maximum atomic E-state index is 11.0. The minimum atomic E-state index is -0.782. The van der Waals surface area contributed by atoms with E-state index in [2.05, 4.69) is 29.7 Å². The third-order valence-corrected chi connectivity index (χ3v) is 4.37. The molecule has 0 aliphatic carbocycles. The molecule has 0 radical (unpaired) electrons. The van der Waals surface area contributed by atoms with E-state index in [0.717, 1.165) is 33.1 Å². The molecule has 3 nitrogen and oxygen atoms in total. The number of aryl methyl sites for hydroxylation is 1. The van der Waals surface area contributed by atoms with Crippen LogP contribution in [0.25, 0.3) is 16.4 Å². The second-order valence-electron chi connectivity index (χ2n) is 6.07. The molecule has 116 valence electrons. The highest BCUT2D eigenvalue weighted by molar-refractivity contribution is 5.88. The molecule has 2 aromatic heterocycles. The van der Waals surface area contributed by atoms with Gasteiger partial charge in [0.05, 0.1) is 17.1 Å². The zero-order valence-electron chi connectivity index (χ0n) is 13.3. The molecular weight excluding hydrogens is 296 g/mol. The number of aliphatic hydroxyl groups is 1. The SMILES string of the molecule is Cc1cc2ccc3cc(C#N)cc(C(O)c4ccccc4)c3n2c1. The number of aliphatic hydroxyl groups excluding tert-OH is 1. The van der Waals surface area contributed by atoms with Crippen LogP contribution in [0.2, 0.25) is 0 Å². The first-order valence-electron chi connectivity index (χ1n) is 7.86. The van der Waals surface area contributed by atoms with E-state index in [9.17, 15) is 10.4 Å². The molecule has 0 bridgehead atoms. The van der Waals surface area contributed by atoms with Gasteiger partial charge in [0, 0.05) is 22.7 Å². The lowest BCUT2D eigenvalue weighted by Crippen LogP contribution is -2.03. The topological polar surface area (TPSA) is 48.4 Å². The van der Waals surface area contributed by atoms with Crippen molar-refractivity contribution in [2.45, 2.75) is 13.0 Å². The largest absolute Gasteiger partial charge is 0.384 e. The van der Waals surface area contributed by atoms with Crippen LogP contribution in [0, 0.1) is 18.3 Å². The van der Waals surface area contributed by atoms with E-state index in [1.165, 1.54) is 0 Å². The Kier molecular flexibility index (Phi) is 3.34. The van der Waals surface area contributed by atoms with Crippen LogP contribution < -0.4 is 0 Å². The Morgan fingerprint density at radius 3 is 2.58 bits per heavy atom. The van der Waals surface area contributed by atoms with Crippen molar-refractivity contribution in [3.05, 3.63) is 89.1 Å². The Morgan fingerprint density at radius 2 is 1.83 bits per heavy atom. The van der Waals surface area contributed by atoms with Crippen LogP contribution in [0.3, 0.4) is 0 Å². The number of hydrogen-bond acceptors (Lipinski definition) is 2. The fourth-order valence-corrected chi connectivity index (χ4v) is 3.29. The van der Waals surface area contributed by atoms with Gasteiger partial charge in [-0.2, -0.15) is 5.26 Å². The third kappa shape index (κ3) is 2.25. The predicted octanol–water partition coefficient (Wildman–Crippen LogP) is 4.35. The molecule has 0 aliphatic heterocycles. The standard InChI is InChI=1S/C21H16N2O/c1-14-9-18-8-7-17-10-15(12-22)11-19(20(17)23(18)13-14)21(24)16-5-3-2-4-6-16/h2-11,13,21,24H,1H3. The van der Waals surface area contributed by atoms with Crippen LogP contribution in [0.5, 0.6) is 0 Å². The molecule has 1 unspecified atom stereocenters. The molecular formula is C21H16N2O. The molecule has 0 amide bonds. The van der Waals surface area contributed by atoms with Gasteiger partial charge in [-0.25, -0.2) is 0 Å². The van der Waals surface area contributed by atoms with Gasteiger partial charge in [-0.15, -0.1) is 0 Å². The van der Waals surface area contributed by atoms with E-state index in [0.29, 0.717) is 5.56 Å². The first-order valence-corrected chi connectivity index (χ1v) is 7.86. The number of rotatable bonds is 2. The number of hydrogen-bond donors (Lipinski definition) is 1. The molecule has 0 aliphatic rings. The quantitative estimate of drug-likeness (QED) is 0.598. The summed E-state index contributed by atoms with van der Waals surface area (Å²) in [5.74, 6) is 0. The van der Waals surface area contributed by atoms with Crippen molar-refractivity contribution < 1.29 is 5.11 Å².